The third-order valence-electron chi connectivity index (χ3n) is 9.59. The number of hydrogen-bond donors (Lipinski definition) is 0. The second-order valence-electron chi connectivity index (χ2n) is 11.5. The summed E-state index contributed by atoms with van der Waals surface area (Å²) >= 11 is 0. The molecule has 4 heteroatoms. The SMILES string of the molecule is O=C1[C@@H]2[C@H](C(=O)N1c1ccccc1)[C@]1(c3ccccc3)C(=O)[C@@]2(c2ccccc2)C(c2ccccc2)=C1c1ccccc1. The molecule has 4 nitrogen and oxygen atoms in total. The van der Waals surface area contributed by atoms with Gasteiger partial charge in [-0.1, -0.05) is 140 Å². The van der Waals surface area contributed by atoms with E-state index >= 15 is 4.79 Å². The van der Waals surface area contributed by atoms with Crippen molar-refractivity contribution < 1.29 is 14.4 Å². The van der Waals surface area contributed by atoms with E-state index in [0.29, 0.717) is 5.69 Å². The first-order valence-corrected chi connectivity index (χ1v) is 14.6. The van der Waals surface area contributed by atoms with Gasteiger partial charge in [-0.15, -0.1) is 0 Å². The zero-order valence-electron chi connectivity index (χ0n) is 23.3. The van der Waals surface area contributed by atoms with Gasteiger partial charge >= 0.3 is 0 Å². The Morgan fingerprint density at radius 1 is 0.419 bits per heavy atom. The van der Waals surface area contributed by atoms with Gasteiger partial charge in [0.05, 0.1) is 28.4 Å². The fourth-order valence-electron chi connectivity index (χ4n) is 8.17. The highest BCUT2D eigenvalue weighted by Crippen LogP contribution is 2.74. The molecule has 0 unspecified atom stereocenters. The fraction of sp³-hybridized carbons (Fsp3) is 0.103. The molecule has 2 fully saturated rings. The van der Waals surface area contributed by atoms with E-state index in [1.54, 1.807) is 12.1 Å². The van der Waals surface area contributed by atoms with Crippen LogP contribution in [0.25, 0.3) is 11.1 Å². The molecule has 2 bridgehead atoms. The van der Waals surface area contributed by atoms with E-state index in [4.69, 9.17) is 0 Å². The number of Topliss-reactive ketones (excluding diaryl/α,β-unsaturated/α-hetero) is 1. The Kier molecular flexibility index (Phi) is 5.51. The first-order valence-electron chi connectivity index (χ1n) is 14.6. The van der Waals surface area contributed by atoms with Gasteiger partial charge in [0.1, 0.15) is 0 Å². The zero-order valence-corrected chi connectivity index (χ0v) is 23.3. The molecule has 2 aliphatic carbocycles. The van der Waals surface area contributed by atoms with Gasteiger partial charge in [0, 0.05) is 0 Å². The largest absolute Gasteiger partial charge is 0.297 e. The lowest BCUT2D eigenvalue weighted by atomic mass is 9.59. The predicted octanol–water partition coefficient (Wildman–Crippen LogP) is 6.88. The average Bonchev–Trinajstić information content (AvgIpc) is 3.59. The maximum absolute atomic E-state index is 15.8. The van der Waals surface area contributed by atoms with Crippen molar-refractivity contribution in [2.75, 3.05) is 4.90 Å². The molecule has 4 atom stereocenters. The summed E-state index contributed by atoms with van der Waals surface area (Å²) in [6.45, 7) is 0. The van der Waals surface area contributed by atoms with Crippen molar-refractivity contribution >= 4 is 34.4 Å². The minimum atomic E-state index is -1.38. The number of para-hydroxylation sites is 1. The Balaban J connectivity index is 1.57. The van der Waals surface area contributed by atoms with E-state index in [1.807, 2.05) is 140 Å². The molecule has 3 aliphatic rings. The maximum Gasteiger partial charge on any atom is 0.239 e. The van der Waals surface area contributed by atoms with E-state index in [0.717, 1.165) is 33.4 Å². The van der Waals surface area contributed by atoms with Crippen LogP contribution >= 0.6 is 0 Å². The molecule has 1 aliphatic heterocycles. The molecular formula is C39H27NO3. The van der Waals surface area contributed by atoms with E-state index in [9.17, 15) is 9.59 Å². The number of anilines is 1. The summed E-state index contributed by atoms with van der Waals surface area (Å²) in [6.07, 6.45) is 0. The van der Waals surface area contributed by atoms with Crippen LogP contribution in [0.5, 0.6) is 0 Å². The smallest absolute Gasteiger partial charge is 0.239 e. The van der Waals surface area contributed by atoms with Gasteiger partial charge in [0.2, 0.25) is 11.8 Å². The summed E-state index contributed by atoms with van der Waals surface area (Å²) in [5.74, 6) is -2.62. The number of amides is 2. The van der Waals surface area contributed by atoms with Crippen molar-refractivity contribution in [1.29, 1.82) is 0 Å². The van der Waals surface area contributed by atoms with Gasteiger partial charge in [-0.05, 0) is 45.5 Å². The van der Waals surface area contributed by atoms with Crippen LogP contribution in [0.2, 0.25) is 0 Å². The van der Waals surface area contributed by atoms with Crippen LogP contribution < -0.4 is 4.90 Å². The summed E-state index contributed by atoms with van der Waals surface area (Å²) in [5, 5.41) is 0. The average molecular weight is 558 g/mol. The molecule has 0 radical (unpaired) electrons. The van der Waals surface area contributed by atoms with Gasteiger partial charge < -0.3 is 0 Å². The van der Waals surface area contributed by atoms with Crippen LogP contribution in [-0.4, -0.2) is 17.6 Å². The first kappa shape index (κ1) is 25.4. The molecule has 0 aromatic heterocycles. The van der Waals surface area contributed by atoms with Crippen LogP contribution in [0.15, 0.2) is 152 Å². The molecule has 43 heavy (non-hydrogen) atoms. The Hall–Kier alpha value is -5.35. The van der Waals surface area contributed by atoms with Gasteiger partial charge in [-0.3, -0.25) is 14.4 Å². The normalized spacial score (nSPS) is 25.9. The first-order chi connectivity index (χ1) is 21.1. The van der Waals surface area contributed by atoms with Gasteiger partial charge in [-0.25, -0.2) is 4.90 Å². The number of rotatable bonds is 5. The third kappa shape index (κ3) is 3.13. The monoisotopic (exact) mass is 557 g/mol. The highest BCUT2D eigenvalue weighted by Gasteiger charge is 2.82. The molecule has 206 valence electrons. The lowest BCUT2D eigenvalue weighted by Crippen LogP contribution is -2.45. The molecule has 5 aromatic rings. The van der Waals surface area contributed by atoms with Crippen LogP contribution in [0.1, 0.15) is 22.3 Å². The third-order valence-corrected chi connectivity index (χ3v) is 9.59. The number of hydrogen-bond acceptors (Lipinski definition) is 3. The van der Waals surface area contributed by atoms with Crippen molar-refractivity contribution in [2.45, 2.75) is 10.8 Å². The molecule has 1 saturated carbocycles. The Bertz CT molecular complexity index is 1800. The Morgan fingerprint density at radius 3 is 1.12 bits per heavy atom. The molecule has 0 spiro atoms. The highest BCUT2D eigenvalue weighted by molar-refractivity contribution is 6.39. The van der Waals surface area contributed by atoms with E-state index in [2.05, 4.69) is 0 Å². The number of carbonyl (C=O) groups is 3. The maximum atomic E-state index is 15.8. The number of allylic oxidation sites excluding steroid dienone is 2. The Labute approximate surface area is 249 Å². The minimum absolute atomic E-state index is 0.112. The van der Waals surface area contributed by atoms with Gasteiger partial charge in [0.25, 0.3) is 0 Å². The summed E-state index contributed by atoms with van der Waals surface area (Å²) in [7, 11) is 0. The number of ketones is 1. The number of benzene rings is 5. The van der Waals surface area contributed by atoms with Crippen LogP contribution in [-0.2, 0) is 25.2 Å². The summed E-state index contributed by atoms with van der Waals surface area (Å²) in [6, 6.07) is 48.1. The molecule has 5 aromatic carbocycles. The van der Waals surface area contributed by atoms with Crippen molar-refractivity contribution in [3.05, 3.63) is 174 Å². The van der Waals surface area contributed by atoms with Gasteiger partial charge in [0.15, 0.2) is 5.78 Å². The summed E-state index contributed by atoms with van der Waals surface area (Å²) in [4.78, 5) is 46.8. The molecule has 8 rings (SSSR count). The minimum Gasteiger partial charge on any atom is -0.297 e. The van der Waals surface area contributed by atoms with Crippen LogP contribution in [0.3, 0.4) is 0 Å². The van der Waals surface area contributed by atoms with Gasteiger partial charge in [-0.2, -0.15) is 0 Å². The predicted molar refractivity (Wildman–Crippen MR) is 167 cm³/mol. The van der Waals surface area contributed by atoms with Crippen molar-refractivity contribution in [1.82, 2.24) is 0 Å². The van der Waals surface area contributed by atoms with E-state index < -0.39 is 22.7 Å². The second kappa shape index (κ2) is 9.33. The van der Waals surface area contributed by atoms with Crippen molar-refractivity contribution in [2.24, 2.45) is 11.8 Å². The lowest BCUT2D eigenvalue weighted by molar-refractivity contribution is -0.130. The van der Waals surface area contributed by atoms with Crippen LogP contribution in [0.4, 0.5) is 5.69 Å². The highest BCUT2D eigenvalue weighted by atomic mass is 16.2. The fourth-order valence-corrected chi connectivity index (χ4v) is 8.17. The van der Waals surface area contributed by atoms with Crippen molar-refractivity contribution in [3.8, 4) is 0 Å². The van der Waals surface area contributed by atoms with E-state index in [1.165, 1.54) is 4.90 Å². The second-order valence-corrected chi connectivity index (χ2v) is 11.5. The quantitative estimate of drug-likeness (QED) is 0.222. The van der Waals surface area contributed by atoms with Crippen LogP contribution in [0, 0.1) is 11.8 Å². The summed E-state index contributed by atoms with van der Waals surface area (Å²) in [5.41, 5.74) is 2.56. The molecule has 1 saturated heterocycles. The molecular weight excluding hydrogens is 530 g/mol. The Morgan fingerprint density at radius 2 is 0.744 bits per heavy atom. The lowest BCUT2D eigenvalue weighted by Gasteiger charge is -2.39. The zero-order chi connectivity index (χ0) is 29.2. The number of carbonyl (C=O) groups excluding carboxylic acids is 3. The van der Waals surface area contributed by atoms with E-state index in [-0.39, 0.29) is 17.6 Å². The molecule has 1 heterocycles. The number of fused-ring (bicyclic) bond motifs is 5. The molecule has 0 N–H and O–H groups in total. The standard InChI is InChI=1S/C39H27NO3/c41-35-33-34(36(42)40(35)30-24-14-5-15-25-30)39(29-22-12-4-13-23-29)32(27-18-8-2-9-19-27)31(26-16-6-1-7-17-26)38(33,37(39)43)28-20-10-3-11-21-28/h1-25,33-34H/t33-,34+,38-,39+. The van der Waals surface area contributed by atoms with Crippen molar-refractivity contribution in [3.63, 3.8) is 0 Å². The molecule has 2 amide bonds. The number of nitrogens with zero attached hydrogens (tertiary/aromatic N) is 1. The topological polar surface area (TPSA) is 54.5 Å². The number of imide groups is 1. The summed E-state index contributed by atoms with van der Waals surface area (Å²) < 4.78 is 0.